The van der Waals surface area contributed by atoms with E-state index in [0.717, 1.165) is 17.7 Å². The molecule has 0 radical (unpaired) electrons. The van der Waals surface area contributed by atoms with Crippen LogP contribution in [-0.2, 0) is 0 Å². The zero-order valence-corrected chi connectivity index (χ0v) is 9.59. The van der Waals surface area contributed by atoms with Crippen molar-refractivity contribution in [3.05, 3.63) is 42.0 Å². The summed E-state index contributed by atoms with van der Waals surface area (Å²) in [6.45, 7) is 0.596. The Kier molecular flexibility index (Phi) is 2.68. The molecule has 92 valence electrons. The van der Waals surface area contributed by atoms with Gasteiger partial charge in [0.15, 0.2) is 0 Å². The second-order valence-corrected chi connectivity index (χ2v) is 4.04. The van der Waals surface area contributed by atoms with E-state index >= 15 is 0 Å². The Labute approximate surface area is 103 Å². The predicted molar refractivity (Wildman–Crippen MR) is 63.1 cm³/mol. The molecule has 6 nitrogen and oxygen atoms in total. The number of hydrogen-bond donors (Lipinski definition) is 2. The average Bonchev–Trinajstić information content (AvgIpc) is 2.93. The molecule has 0 saturated carbocycles. The summed E-state index contributed by atoms with van der Waals surface area (Å²) in [5, 5.41) is 9.13. The summed E-state index contributed by atoms with van der Waals surface area (Å²) in [7, 11) is 0. The average molecular weight is 244 g/mol. The molecule has 2 heterocycles. The van der Waals surface area contributed by atoms with E-state index in [1.54, 1.807) is 0 Å². The third-order valence-electron chi connectivity index (χ3n) is 2.89. The van der Waals surface area contributed by atoms with E-state index in [-0.39, 0.29) is 17.8 Å². The van der Waals surface area contributed by atoms with E-state index < -0.39 is 0 Å². The summed E-state index contributed by atoms with van der Waals surface area (Å²) in [6.07, 6.45) is 2.06. The van der Waals surface area contributed by atoms with E-state index in [2.05, 4.69) is 20.5 Å². The first-order chi connectivity index (χ1) is 8.84. The largest absolute Gasteiger partial charge is 0.493 e. The third-order valence-corrected chi connectivity index (χ3v) is 2.89. The first-order valence-corrected chi connectivity index (χ1v) is 5.72. The Balaban J connectivity index is 1.80. The topological polar surface area (TPSA) is 79.9 Å². The summed E-state index contributed by atoms with van der Waals surface area (Å²) in [4.78, 5) is 15.7. The summed E-state index contributed by atoms with van der Waals surface area (Å²) >= 11 is 0. The first-order valence-electron chi connectivity index (χ1n) is 5.72. The lowest BCUT2D eigenvalue weighted by molar-refractivity contribution is 0.0914. The molecule has 1 aromatic heterocycles. The fourth-order valence-corrected chi connectivity index (χ4v) is 2.03. The molecule has 2 N–H and O–H groups in total. The van der Waals surface area contributed by atoms with Gasteiger partial charge in [-0.2, -0.15) is 5.10 Å². The Morgan fingerprint density at radius 2 is 2.33 bits per heavy atom. The van der Waals surface area contributed by atoms with Crippen LogP contribution in [0.2, 0.25) is 0 Å². The molecule has 3 rings (SSSR count). The lowest BCUT2D eigenvalue weighted by Crippen LogP contribution is -2.32. The molecule has 1 amide bonds. The van der Waals surface area contributed by atoms with Gasteiger partial charge in [-0.1, -0.05) is 18.2 Å². The maximum Gasteiger partial charge on any atom is 0.289 e. The summed E-state index contributed by atoms with van der Waals surface area (Å²) in [6, 6.07) is 7.66. The van der Waals surface area contributed by atoms with Crippen molar-refractivity contribution in [2.24, 2.45) is 0 Å². The van der Waals surface area contributed by atoms with Crippen LogP contribution in [0.3, 0.4) is 0 Å². The van der Waals surface area contributed by atoms with Gasteiger partial charge in [0, 0.05) is 12.0 Å². The van der Waals surface area contributed by atoms with Gasteiger partial charge in [0.2, 0.25) is 5.82 Å². The number of fused-ring (bicyclic) bond motifs is 1. The van der Waals surface area contributed by atoms with Gasteiger partial charge in [-0.25, -0.2) is 4.98 Å². The number of para-hydroxylation sites is 1. The molecule has 0 saturated heterocycles. The van der Waals surface area contributed by atoms with Gasteiger partial charge in [-0.3, -0.25) is 9.89 Å². The van der Waals surface area contributed by atoms with Gasteiger partial charge < -0.3 is 10.1 Å². The van der Waals surface area contributed by atoms with Crippen LogP contribution in [0.15, 0.2) is 30.6 Å². The Morgan fingerprint density at radius 1 is 1.44 bits per heavy atom. The monoisotopic (exact) mass is 244 g/mol. The number of aromatic nitrogens is 3. The number of carbonyl (C=O) groups excluding carboxylic acids is 1. The Bertz CT molecular complexity index is 553. The maximum absolute atomic E-state index is 11.9. The van der Waals surface area contributed by atoms with Gasteiger partial charge in [0.1, 0.15) is 12.1 Å². The number of nitrogens with zero attached hydrogens (tertiary/aromatic N) is 2. The first kappa shape index (κ1) is 10.8. The lowest BCUT2D eigenvalue weighted by atomic mass is 10.0. The molecule has 1 aromatic carbocycles. The van der Waals surface area contributed by atoms with Crippen molar-refractivity contribution in [1.82, 2.24) is 20.5 Å². The van der Waals surface area contributed by atoms with Gasteiger partial charge in [0.05, 0.1) is 12.6 Å². The molecule has 0 fully saturated rings. The second kappa shape index (κ2) is 4.48. The molecule has 0 bridgehead atoms. The van der Waals surface area contributed by atoms with Crippen LogP contribution in [0, 0.1) is 0 Å². The van der Waals surface area contributed by atoms with Crippen LogP contribution >= 0.6 is 0 Å². The number of nitrogens with one attached hydrogen (secondary N) is 2. The molecular weight excluding hydrogens is 232 g/mol. The highest BCUT2D eigenvalue weighted by Crippen LogP contribution is 2.31. The molecule has 6 heteroatoms. The van der Waals surface area contributed by atoms with Crippen LogP contribution in [-0.4, -0.2) is 27.7 Å². The van der Waals surface area contributed by atoms with Gasteiger partial charge >= 0.3 is 0 Å². The number of aromatic amines is 1. The zero-order valence-electron chi connectivity index (χ0n) is 9.59. The number of H-pyrrole nitrogens is 1. The van der Waals surface area contributed by atoms with E-state index in [1.165, 1.54) is 6.33 Å². The number of amides is 1. The third kappa shape index (κ3) is 1.92. The van der Waals surface area contributed by atoms with Crippen LogP contribution in [0.1, 0.15) is 28.6 Å². The molecule has 1 aliphatic heterocycles. The zero-order chi connectivity index (χ0) is 12.4. The van der Waals surface area contributed by atoms with Crippen LogP contribution in [0.5, 0.6) is 5.75 Å². The van der Waals surface area contributed by atoms with Crippen LogP contribution in [0.25, 0.3) is 0 Å². The summed E-state index contributed by atoms with van der Waals surface area (Å²) < 4.78 is 5.54. The fourth-order valence-electron chi connectivity index (χ4n) is 2.03. The fraction of sp³-hybridized carbons (Fsp3) is 0.250. The van der Waals surface area contributed by atoms with E-state index in [9.17, 15) is 4.79 Å². The molecule has 1 unspecified atom stereocenters. The minimum absolute atomic E-state index is 0.0486. The number of ether oxygens (including phenoxy) is 1. The molecule has 2 aromatic rings. The van der Waals surface area contributed by atoms with Crippen molar-refractivity contribution in [3.8, 4) is 5.75 Å². The highest BCUT2D eigenvalue weighted by Gasteiger charge is 2.23. The smallest absolute Gasteiger partial charge is 0.289 e. The Morgan fingerprint density at radius 3 is 3.17 bits per heavy atom. The predicted octanol–water partition coefficient (Wildman–Crippen LogP) is 1.06. The van der Waals surface area contributed by atoms with Gasteiger partial charge in [-0.05, 0) is 6.07 Å². The van der Waals surface area contributed by atoms with Crippen LogP contribution in [0.4, 0.5) is 0 Å². The lowest BCUT2D eigenvalue weighted by Gasteiger charge is -2.26. The van der Waals surface area contributed by atoms with Crippen molar-refractivity contribution in [2.75, 3.05) is 6.61 Å². The minimum atomic E-state index is -0.255. The standard InChI is InChI=1S/C12H12N4O2/c17-12(11-13-7-14-16-11)15-9-5-6-18-10-4-2-1-3-8(9)10/h1-4,7,9H,5-6H2,(H,15,17)(H,13,14,16). The minimum Gasteiger partial charge on any atom is -0.493 e. The van der Waals surface area contributed by atoms with E-state index in [4.69, 9.17) is 4.74 Å². The van der Waals surface area contributed by atoms with E-state index in [0.29, 0.717) is 6.61 Å². The second-order valence-electron chi connectivity index (χ2n) is 4.04. The van der Waals surface area contributed by atoms with Crippen molar-refractivity contribution < 1.29 is 9.53 Å². The molecule has 0 spiro atoms. The normalized spacial score (nSPS) is 17.7. The molecule has 1 atom stereocenters. The maximum atomic E-state index is 11.9. The molecule has 18 heavy (non-hydrogen) atoms. The highest BCUT2D eigenvalue weighted by atomic mass is 16.5. The molecule has 0 aliphatic carbocycles. The number of benzene rings is 1. The van der Waals surface area contributed by atoms with Crippen molar-refractivity contribution in [2.45, 2.75) is 12.5 Å². The Hall–Kier alpha value is -2.37. The number of carbonyl (C=O) groups is 1. The van der Waals surface area contributed by atoms with Crippen LogP contribution < -0.4 is 10.1 Å². The number of rotatable bonds is 2. The summed E-state index contributed by atoms with van der Waals surface area (Å²) in [5.41, 5.74) is 0.997. The highest BCUT2D eigenvalue weighted by molar-refractivity contribution is 5.90. The molecule has 1 aliphatic rings. The van der Waals surface area contributed by atoms with Gasteiger partial charge in [-0.15, -0.1) is 0 Å². The van der Waals surface area contributed by atoms with Crippen molar-refractivity contribution in [3.63, 3.8) is 0 Å². The SMILES string of the molecule is O=C(NC1CCOc2ccccc21)c1ncn[nH]1. The van der Waals surface area contributed by atoms with Crippen molar-refractivity contribution in [1.29, 1.82) is 0 Å². The van der Waals surface area contributed by atoms with Crippen molar-refractivity contribution >= 4 is 5.91 Å². The summed E-state index contributed by atoms with van der Waals surface area (Å²) in [5.74, 6) is 0.791. The van der Waals surface area contributed by atoms with E-state index in [1.807, 2.05) is 24.3 Å². The molecular formula is C12H12N4O2. The van der Waals surface area contributed by atoms with Gasteiger partial charge in [0.25, 0.3) is 5.91 Å². The quantitative estimate of drug-likeness (QED) is 0.827. The number of hydrogen-bond acceptors (Lipinski definition) is 4.